The summed E-state index contributed by atoms with van der Waals surface area (Å²) in [6, 6.07) is 0. The molecule has 470 valence electrons. The molecule has 0 amide bonds. The number of carbonyl (C=O) groups excluding carboxylic acids is 2. The van der Waals surface area contributed by atoms with Gasteiger partial charge in [0.05, 0.1) is 60.9 Å². The topological polar surface area (TPSA) is 334 Å². The highest BCUT2D eigenvalue weighted by Gasteiger charge is 2.81. The molecule has 4 aliphatic carbocycles. The van der Waals surface area contributed by atoms with E-state index in [1.165, 1.54) is 28.1 Å². The molecular weight excluding hydrogens is 1080 g/mol. The Morgan fingerprint density at radius 2 is 1.11 bits per heavy atom. The number of hydrogen-bond donors (Lipinski definition) is 8. The summed E-state index contributed by atoms with van der Waals surface area (Å²) in [4.78, 5) is 25.7. The molecule has 0 aromatic rings. The van der Waals surface area contributed by atoms with Gasteiger partial charge in [0.15, 0.2) is 37.2 Å². The van der Waals surface area contributed by atoms with Crippen molar-refractivity contribution >= 4 is 11.8 Å². The maximum Gasteiger partial charge on any atom is 0.302 e. The predicted octanol–water partition coefficient (Wildman–Crippen LogP) is 0.337. The Bertz CT molecular complexity index is 2240. The van der Waals surface area contributed by atoms with E-state index < -0.39 is 193 Å². The third-order valence-electron chi connectivity index (χ3n) is 20.6. The smallest absolute Gasteiger partial charge is 0.302 e. The second-order valence-corrected chi connectivity index (χ2v) is 25.0. The zero-order chi connectivity index (χ0) is 59.8. The van der Waals surface area contributed by atoms with Crippen LogP contribution in [0.25, 0.3) is 0 Å². The number of fused-ring (bicyclic) bond motifs is 5. The van der Waals surface area contributed by atoms with Crippen LogP contribution in [0.5, 0.6) is 0 Å². The summed E-state index contributed by atoms with van der Waals surface area (Å²) >= 11 is 0. The Morgan fingerprint density at radius 3 is 1.62 bits per heavy atom. The Labute approximate surface area is 479 Å². The molecular formula is C57H92O25. The first-order valence-corrected chi connectivity index (χ1v) is 29.2. The van der Waals surface area contributed by atoms with Crippen LogP contribution in [0.4, 0.5) is 0 Å². The lowest BCUT2D eigenvalue weighted by atomic mass is 9.42. The molecule has 0 aromatic heterocycles. The molecule has 9 rings (SSSR count). The summed E-state index contributed by atoms with van der Waals surface area (Å²) in [5.74, 6) is -1.70. The van der Waals surface area contributed by atoms with E-state index in [-0.39, 0.29) is 38.2 Å². The van der Waals surface area contributed by atoms with Gasteiger partial charge in [-0.05, 0) is 91.9 Å². The van der Waals surface area contributed by atoms with Gasteiger partial charge < -0.3 is 112 Å². The van der Waals surface area contributed by atoms with Crippen molar-refractivity contribution in [3.8, 4) is 0 Å². The van der Waals surface area contributed by atoms with E-state index in [1.54, 1.807) is 35.0 Å². The zero-order valence-corrected chi connectivity index (χ0v) is 49.3. The monoisotopic (exact) mass is 1180 g/mol. The fraction of sp³-hybridized carbons (Fsp3) is 0.930. The summed E-state index contributed by atoms with van der Waals surface area (Å²) < 4.78 is 93.0. The van der Waals surface area contributed by atoms with E-state index in [0.717, 1.165) is 5.57 Å². The van der Waals surface area contributed by atoms with Gasteiger partial charge >= 0.3 is 5.97 Å². The Morgan fingerprint density at radius 1 is 0.598 bits per heavy atom. The molecule has 5 aliphatic heterocycles. The molecule has 5 heterocycles. The van der Waals surface area contributed by atoms with E-state index in [9.17, 15) is 50.4 Å². The normalized spacial score (nSPS) is 52.4. The number of Topliss-reactive ketones (excluding diaryl/α,β-unsaturated/α-hetero) is 1. The molecule has 3 saturated carbocycles. The average Bonchev–Trinajstić information content (AvgIpc) is 3.91. The number of carbonyl (C=O) groups is 2. The fourth-order valence-electron chi connectivity index (χ4n) is 15.8. The number of hydrogen-bond acceptors (Lipinski definition) is 25. The maximum atomic E-state index is 13.1. The van der Waals surface area contributed by atoms with E-state index in [1.807, 2.05) is 19.9 Å². The zero-order valence-electron chi connectivity index (χ0n) is 49.3. The second kappa shape index (κ2) is 24.9. The van der Waals surface area contributed by atoms with Crippen LogP contribution in [-0.2, 0) is 80.6 Å². The van der Waals surface area contributed by atoms with Crippen LogP contribution >= 0.6 is 0 Å². The highest BCUT2D eigenvalue weighted by molar-refractivity contribution is 5.87. The van der Waals surface area contributed by atoms with Crippen molar-refractivity contribution in [3.63, 3.8) is 0 Å². The van der Waals surface area contributed by atoms with E-state index in [2.05, 4.69) is 6.92 Å². The summed E-state index contributed by atoms with van der Waals surface area (Å²) in [7, 11) is 6.10. The van der Waals surface area contributed by atoms with Gasteiger partial charge in [-0.15, -0.1) is 0 Å². The van der Waals surface area contributed by atoms with Crippen molar-refractivity contribution in [1.82, 2.24) is 0 Å². The van der Waals surface area contributed by atoms with Crippen molar-refractivity contribution in [1.29, 1.82) is 0 Å². The third kappa shape index (κ3) is 11.1. The summed E-state index contributed by atoms with van der Waals surface area (Å²) in [6.07, 6.45) is -17.1. The van der Waals surface area contributed by atoms with Crippen LogP contribution < -0.4 is 0 Å². The van der Waals surface area contributed by atoms with Crippen molar-refractivity contribution in [2.24, 2.45) is 16.7 Å². The first kappa shape index (κ1) is 64.5. The summed E-state index contributed by atoms with van der Waals surface area (Å²) in [6.45, 7) is 12.8. The van der Waals surface area contributed by atoms with Crippen LogP contribution in [0.1, 0.15) is 120 Å². The highest BCUT2D eigenvalue weighted by Crippen LogP contribution is 2.71. The minimum atomic E-state index is -2.01. The molecule has 0 unspecified atom stereocenters. The highest BCUT2D eigenvalue weighted by atomic mass is 16.8. The van der Waals surface area contributed by atoms with Crippen LogP contribution in [0, 0.1) is 16.7 Å². The number of esters is 1. The Kier molecular flexibility index (Phi) is 19.6. The third-order valence-corrected chi connectivity index (χ3v) is 20.6. The number of ketones is 1. The molecule has 30 atom stereocenters. The van der Waals surface area contributed by atoms with Crippen LogP contribution in [-0.4, -0.2) is 252 Å². The SMILES string of the molecule is CO[C@H]1[C@@H](O)[C@H](O[C@@H]2[C@@H](C)O[C@@H](O[C@H]3[C@@H](OC)C[C@H](O[C@H]4[C@@H](OC)C[C@H](O[C@H]5CC[C@@]6(C)C(=CC[C@]7(O)[C@@H]6C[C@@H](OC(C)=O)[C@@]6(C)[C@]7(O)CC[C@@]6(O)C(C)=O)C5)O[C@@H]4C)O[C@@H]3C)C[C@H]2OC)O[C@H](C)[C@H]1O[C@@H]1O[C@H](CO)[C@@H](O)[C@H](O)[C@H]1O. The van der Waals surface area contributed by atoms with Gasteiger partial charge in [-0.1, -0.05) is 18.6 Å². The van der Waals surface area contributed by atoms with Gasteiger partial charge in [-0.3, -0.25) is 9.59 Å². The second-order valence-electron chi connectivity index (χ2n) is 25.0. The number of aliphatic hydroxyl groups is 8. The average molecular weight is 1180 g/mol. The summed E-state index contributed by atoms with van der Waals surface area (Å²) in [5.41, 5.74) is -6.87. The molecule has 0 bridgehead atoms. The van der Waals surface area contributed by atoms with Crippen LogP contribution in [0.15, 0.2) is 11.6 Å². The van der Waals surface area contributed by atoms with E-state index >= 15 is 0 Å². The number of ether oxygens (including phenoxy) is 15. The molecule has 5 saturated heterocycles. The lowest BCUT2D eigenvalue weighted by Gasteiger charge is -2.67. The maximum absolute atomic E-state index is 13.1. The van der Waals surface area contributed by atoms with E-state index in [4.69, 9.17) is 71.1 Å². The van der Waals surface area contributed by atoms with Gasteiger partial charge in [0.1, 0.15) is 83.9 Å². The molecule has 25 nitrogen and oxygen atoms in total. The first-order valence-electron chi connectivity index (χ1n) is 29.2. The molecule has 82 heavy (non-hydrogen) atoms. The largest absolute Gasteiger partial charge is 0.462 e. The molecule has 8 fully saturated rings. The Hall–Kier alpha value is -2.00. The fourth-order valence-corrected chi connectivity index (χ4v) is 15.8. The first-order chi connectivity index (χ1) is 38.7. The number of methoxy groups -OCH3 is 4. The van der Waals surface area contributed by atoms with Gasteiger partial charge in [-0.25, -0.2) is 0 Å². The van der Waals surface area contributed by atoms with Crippen LogP contribution in [0.2, 0.25) is 0 Å². The number of rotatable bonds is 17. The van der Waals surface area contributed by atoms with Gasteiger partial charge in [0.2, 0.25) is 0 Å². The Balaban J connectivity index is 0.774. The minimum Gasteiger partial charge on any atom is -0.462 e. The molecule has 0 spiro atoms. The van der Waals surface area contributed by atoms with Crippen molar-refractivity contribution in [2.75, 3.05) is 35.0 Å². The molecule has 8 N–H and O–H groups in total. The number of aliphatic hydroxyl groups excluding tert-OH is 5. The van der Waals surface area contributed by atoms with Gasteiger partial charge in [0.25, 0.3) is 0 Å². The standard InChI is InChI=1S/C57H92O25/c1-25-46(33(68-9)20-39(72-25)77-32-14-15-53(7)31(19-32)13-16-56(66)37(53)23-38(76-30(6)60)54(8)55(65,29(5)59)17-18-57(54,56)67)79-40-21-34(69-10)47(26(2)73-40)80-41-22-35(70-11)48(27(3)74-41)81-52-45(64)50(71-12)49(28(4)75-52)82-51-44(63)43(62)42(61)36(24-58)78-51/h13,25-28,32-52,58,61-67H,14-24H2,1-12H3/t25-,26-,27-,28-,32+,33+,34+,35-,36-,37-,38-,39+,40+,41+,42-,43+,44-,45-,46-,47-,48-,49-,50+,51+,52+,53+,54-,55-,56+,57-/m1/s1. The lowest BCUT2D eigenvalue weighted by molar-refractivity contribution is -0.374. The van der Waals surface area contributed by atoms with Crippen LogP contribution in [0.3, 0.4) is 0 Å². The summed E-state index contributed by atoms with van der Waals surface area (Å²) in [5, 5.41) is 89.8. The van der Waals surface area contributed by atoms with Crippen molar-refractivity contribution < 1.29 is 121 Å². The minimum absolute atomic E-state index is 0.0382. The molecule has 9 aliphatic rings. The lowest BCUT2D eigenvalue weighted by Crippen LogP contribution is -2.78. The quantitative estimate of drug-likeness (QED) is 0.0719. The predicted molar refractivity (Wildman–Crippen MR) is 280 cm³/mol. The van der Waals surface area contributed by atoms with Gasteiger partial charge in [0, 0.05) is 60.5 Å². The molecule has 25 heteroatoms. The van der Waals surface area contributed by atoms with Crippen molar-refractivity contribution in [2.45, 2.75) is 284 Å². The van der Waals surface area contributed by atoms with E-state index in [0.29, 0.717) is 32.1 Å². The van der Waals surface area contributed by atoms with Gasteiger partial charge in [-0.2, -0.15) is 0 Å². The molecule has 0 radical (unpaired) electrons. The van der Waals surface area contributed by atoms with Crippen molar-refractivity contribution in [3.05, 3.63) is 11.6 Å². The molecule has 0 aromatic carbocycles.